The number of nitro benzene ring substituents is 1. The van der Waals surface area contributed by atoms with Crippen LogP contribution in [0, 0.1) is 21.7 Å². The maximum atomic E-state index is 13.6. The predicted molar refractivity (Wildman–Crippen MR) is 74.5 cm³/mol. The van der Waals surface area contributed by atoms with Gasteiger partial charge in [-0.25, -0.2) is 8.78 Å². The second kappa shape index (κ2) is 5.96. The van der Waals surface area contributed by atoms with Gasteiger partial charge in [0.25, 0.3) is 5.69 Å². The average Bonchev–Trinajstić information content (AvgIpc) is 2.40. The van der Waals surface area contributed by atoms with Crippen molar-refractivity contribution in [1.82, 2.24) is 0 Å². The number of hydrogen-bond acceptors (Lipinski definition) is 3. The lowest BCUT2D eigenvalue weighted by Gasteiger charge is -2.08. The lowest BCUT2D eigenvalue weighted by molar-refractivity contribution is -0.384. The lowest BCUT2D eigenvalue weighted by Crippen LogP contribution is -2.05. The Morgan fingerprint density at radius 2 is 1.95 bits per heavy atom. The summed E-state index contributed by atoms with van der Waals surface area (Å²) in [7, 11) is 0. The molecule has 7 heteroatoms. The normalized spacial score (nSPS) is 10.3. The number of nitro groups is 1. The van der Waals surface area contributed by atoms with E-state index in [1.165, 1.54) is 30.3 Å². The van der Waals surface area contributed by atoms with Crippen molar-refractivity contribution in [3.05, 3.63) is 68.2 Å². The smallest absolute Gasteiger partial charge is 0.295 e. The molecule has 4 nitrogen and oxygen atoms in total. The van der Waals surface area contributed by atoms with Crippen LogP contribution in [-0.2, 0) is 6.54 Å². The van der Waals surface area contributed by atoms with E-state index in [9.17, 15) is 18.9 Å². The largest absolute Gasteiger partial charge is 0.373 e. The quantitative estimate of drug-likeness (QED) is 0.667. The van der Waals surface area contributed by atoms with E-state index in [1.54, 1.807) is 0 Å². The summed E-state index contributed by atoms with van der Waals surface area (Å²) >= 11 is 3.04. The Morgan fingerprint density at radius 1 is 1.20 bits per heavy atom. The van der Waals surface area contributed by atoms with Crippen molar-refractivity contribution in [3.63, 3.8) is 0 Å². The van der Waals surface area contributed by atoms with E-state index >= 15 is 0 Å². The van der Waals surface area contributed by atoms with E-state index in [4.69, 9.17) is 0 Å². The van der Waals surface area contributed by atoms with Crippen LogP contribution in [0.5, 0.6) is 0 Å². The highest BCUT2D eigenvalue weighted by atomic mass is 79.9. The van der Waals surface area contributed by atoms with Crippen molar-refractivity contribution in [2.75, 3.05) is 5.32 Å². The third-order valence-corrected chi connectivity index (χ3v) is 3.25. The van der Waals surface area contributed by atoms with Crippen LogP contribution in [0.25, 0.3) is 0 Å². The summed E-state index contributed by atoms with van der Waals surface area (Å²) in [6.07, 6.45) is 0. The van der Waals surface area contributed by atoms with Crippen LogP contribution >= 0.6 is 15.9 Å². The minimum Gasteiger partial charge on any atom is -0.373 e. The molecule has 2 rings (SSSR count). The van der Waals surface area contributed by atoms with Gasteiger partial charge in [0.2, 0.25) is 0 Å². The highest BCUT2D eigenvalue weighted by Gasteiger charge is 2.17. The van der Waals surface area contributed by atoms with Crippen LogP contribution in [0.3, 0.4) is 0 Å². The first kappa shape index (κ1) is 14.4. The van der Waals surface area contributed by atoms with Crippen LogP contribution in [-0.4, -0.2) is 4.92 Å². The molecule has 0 heterocycles. The molecule has 0 spiro atoms. The summed E-state index contributed by atoms with van der Waals surface area (Å²) in [5.74, 6) is -1.12. The summed E-state index contributed by atoms with van der Waals surface area (Å²) in [6, 6.07) is 7.92. The van der Waals surface area contributed by atoms with Crippen molar-refractivity contribution < 1.29 is 13.7 Å². The van der Waals surface area contributed by atoms with Gasteiger partial charge in [0.15, 0.2) is 5.82 Å². The molecular formula is C13H9BrF2N2O2. The number of rotatable bonds is 4. The van der Waals surface area contributed by atoms with Crippen molar-refractivity contribution in [3.8, 4) is 0 Å². The molecule has 104 valence electrons. The molecule has 0 radical (unpaired) electrons. The zero-order valence-electron chi connectivity index (χ0n) is 10.1. The van der Waals surface area contributed by atoms with Gasteiger partial charge in [-0.2, -0.15) is 0 Å². The lowest BCUT2D eigenvalue weighted by atomic mass is 10.2. The molecule has 0 saturated carbocycles. The van der Waals surface area contributed by atoms with E-state index < -0.39 is 16.6 Å². The van der Waals surface area contributed by atoms with Gasteiger partial charge in [-0.15, -0.1) is 0 Å². The van der Waals surface area contributed by atoms with E-state index in [0.717, 1.165) is 6.07 Å². The third-order valence-electron chi connectivity index (χ3n) is 2.64. The van der Waals surface area contributed by atoms with Crippen molar-refractivity contribution in [1.29, 1.82) is 0 Å². The monoisotopic (exact) mass is 342 g/mol. The van der Waals surface area contributed by atoms with E-state index in [0.29, 0.717) is 5.56 Å². The van der Waals surface area contributed by atoms with Gasteiger partial charge in [0, 0.05) is 12.6 Å². The SMILES string of the molecule is O=[N+]([O-])c1cccc(F)c1NCc1ccc(F)c(Br)c1. The second-order valence-electron chi connectivity index (χ2n) is 3.99. The maximum absolute atomic E-state index is 13.6. The molecule has 0 bridgehead atoms. The summed E-state index contributed by atoms with van der Waals surface area (Å²) in [5, 5.41) is 13.5. The Kier molecular flexibility index (Phi) is 4.29. The number of nitrogens with zero attached hydrogens (tertiary/aromatic N) is 1. The van der Waals surface area contributed by atoms with Crippen LogP contribution in [0.4, 0.5) is 20.2 Å². The molecule has 0 aromatic heterocycles. The Morgan fingerprint density at radius 3 is 2.60 bits per heavy atom. The van der Waals surface area contributed by atoms with Gasteiger partial charge in [-0.3, -0.25) is 10.1 Å². The molecule has 0 aliphatic heterocycles. The Labute approximate surface area is 121 Å². The van der Waals surface area contributed by atoms with Gasteiger partial charge in [0.1, 0.15) is 11.5 Å². The molecule has 0 aliphatic rings. The topological polar surface area (TPSA) is 55.2 Å². The van der Waals surface area contributed by atoms with Gasteiger partial charge >= 0.3 is 0 Å². The highest BCUT2D eigenvalue weighted by molar-refractivity contribution is 9.10. The average molecular weight is 343 g/mol. The molecular weight excluding hydrogens is 334 g/mol. The molecule has 1 N–H and O–H groups in total. The Bertz CT molecular complexity index is 665. The fourth-order valence-electron chi connectivity index (χ4n) is 1.68. The molecule has 0 fully saturated rings. The summed E-state index contributed by atoms with van der Waals surface area (Å²) in [4.78, 5) is 10.2. The number of halogens is 3. The predicted octanol–water partition coefficient (Wildman–Crippen LogP) is 4.25. The molecule has 0 atom stereocenters. The van der Waals surface area contributed by atoms with Gasteiger partial charge in [-0.1, -0.05) is 12.1 Å². The van der Waals surface area contributed by atoms with Crippen molar-refractivity contribution in [2.24, 2.45) is 0 Å². The third kappa shape index (κ3) is 3.11. The zero-order chi connectivity index (χ0) is 14.7. The van der Waals surface area contributed by atoms with Crippen LogP contribution in [0.2, 0.25) is 0 Å². The molecule has 0 unspecified atom stereocenters. The van der Waals surface area contributed by atoms with E-state index in [2.05, 4.69) is 21.2 Å². The number of nitrogens with one attached hydrogen (secondary N) is 1. The summed E-state index contributed by atoms with van der Waals surface area (Å²) < 4.78 is 27.0. The molecule has 0 amide bonds. The van der Waals surface area contributed by atoms with Crippen molar-refractivity contribution in [2.45, 2.75) is 6.54 Å². The molecule has 2 aromatic rings. The Balaban J connectivity index is 2.22. The minimum atomic E-state index is -0.708. The van der Waals surface area contributed by atoms with E-state index in [1.807, 2.05) is 0 Å². The van der Waals surface area contributed by atoms with Crippen LogP contribution < -0.4 is 5.32 Å². The first-order valence-electron chi connectivity index (χ1n) is 5.59. The summed E-state index contributed by atoms with van der Waals surface area (Å²) in [6.45, 7) is 0.140. The van der Waals surface area contributed by atoms with Crippen LogP contribution in [0.15, 0.2) is 40.9 Å². The van der Waals surface area contributed by atoms with Gasteiger partial charge < -0.3 is 5.32 Å². The first-order valence-corrected chi connectivity index (χ1v) is 6.39. The van der Waals surface area contributed by atoms with Gasteiger partial charge in [0.05, 0.1) is 9.40 Å². The van der Waals surface area contributed by atoms with Crippen LogP contribution in [0.1, 0.15) is 5.56 Å². The molecule has 0 saturated heterocycles. The molecule has 0 aliphatic carbocycles. The van der Waals surface area contributed by atoms with E-state index in [-0.39, 0.29) is 22.4 Å². The Hall–Kier alpha value is -2.02. The zero-order valence-corrected chi connectivity index (χ0v) is 11.7. The minimum absolute atomic E-state index is 0.140. The number of hydrogen-bond donors (Lipinski definition) is 1. The standard InChI is InChI=1S/C13H9BrF2N2O2/c14-9-6-8(4-5-10(9)15)7-17-13-11(16)2-1-3-12(13)18(19)20/h1-6,17H,7H2. The van der Waals surface area contributed by atoms with Gasteiger partial charge in [-0.05, 0) is 39.7 Å². The summed E-state index contributed by atoms with van der Waals surface area (Å²) in [5.41, 5.74) is 0.139. The first-order chi connectivity index (χ1) is 9.49. The second-order valence-corrected chi connectivity index (χ2v) is 4.85. The highest BCUT2D eigenvalue weighted by Crippen LogP contribution is 2.27. The number of benzene rings is 2. The fraction of sp³-hybridized carbons (Fsp3) is 0.0769. The fourth-order valence-corrected chi connectivity index (χ4v) is 2.11. The van der Waals surface area contributed by atoms with Crippen molar-refractivity contribution >= 4 is 27.3 Å². The number of para-hydroxylation sites is 1. The molecule has 2 aromatic carbocycles. The molecule has 20 heavy (non-hydrogen) atoms. The maximum Gasteiger partial charge on any atom is 0.295 e. The number of anilines is 1.